The molecule has 0 unspecified atom stereocenters. The van der Waals surface area contributed by atoms with Gasteiger partial charge in [-0.05, 0) is 43.0 Å². The minimum Gasteiger partial charge on any atom is -0.497 e. The van der Waals surface area contributed by atoms with E-state index in [0.29, 0.717) is 11.3 Å². The molecule has 0 aromatic heterocycles. The summed E-state index contributed by atoms with van der Waals surface area (Å²) in [5.41, 5.74) is 0.163. The fraction of sp³-hybridized carbons (Fsp3) is 0.533. The van der Waals surface area contributed by atoms with Crippen molar-refractivity contribution in [2.75, 3.05) is 7.11 Å². The van der Waals surface area contributed by atoms with Gasteiger partial charge in [0.1, 0.15) is 5.75 Å². The molecule has 2 rings (SSSR count). The monoisotopic (exact) mass is 284 g/mol. The highest BCUT2D eigenvalue weighted by molar-refractivity contribution is 5.82. The van der Waals surface area contributed by atoms with Gasteiger partial charge in [0.2, 0.25) is 5.92 Å². The molecule has 20 heavy (non-hydrogen) atoms. The number of methoxy groups -OCH3 is 1. The Labute approximate surface area is 116 Å². The topological polar surface area (TPSA) is 46.5 Å². The molecule has 3 nitrogen and oxygen atoms in total. The third-order valence-corrected chi connectivity index (χ3v) is 4.19. The number of hydrogen-bond donors (Lipinski definition) is 1. The predicted molar refractivity (Wildman–Crippen MR) is 70.5 cm³/mol. The molecule has 110 valence electrons. The normalized spacial score (nSPS) is 20.4. The molecule has 1 N–H and O–H groups in total. The maximum absolute atomic E-state index is 13.3. The molecule has 1 saturated carbocycles. The van der Waals surface area contributed by atoms with Crippen LogP contribution in [0.2, 0.25) is 0 Å². The molecule has 1 aliphatic carbocycles. The number of aliphatic carboxylic acids is 1. The van der Waals surface area contributed by atoms with Gasteiger partial charge in [-0.25, -0.2) is 8.78 Å². The SMILES string of the molecule is COc1ccc(C2(C(=O)O)CCC(F)(F)CC2)c(C)c1. The number of carbonyl (C=O) groups is 1. The van der Waals surface area contributed by atoms with Gasteiger partial charge in [0, 0.05) is 12.8 Å². The minimum absolute atomic E-state index is 0.0392. The molecule has 1 aliphatic rings. The lowest BCUT2D eigenvalue weighted by atomic mass is 9.67. The largest absolute Gasteiger partial charge is 0.497 e. The maximum atomic E-state index is 13.3. The third-order valence-electron chi connectivity index (χ3n) is 4.19. The first kappa shape index (κ1) is 14.8. The zero-order chi connectivity index (χ0) is 15.0. The van der Waals surface area contributed by atoms with E-state index in [1.807, 2.05) is 0 Å². The second-order valence-corrected chi connectivity index (χ2v) is 5.42. The second kappa shape index (κ2) is 5.04. The third kappa shape index (κ3) is 2.49. The van der Waals surface area contributed by atoms with Gasteiger partial charge in [-0.3, -0.25) is 4.79 Å². The Morgan fingerprint density at radius 3 is 2.30 bits per heavy atom. The van der Waals surface area contributed by atoms with Crippen LogP contribution in [0.4, 0.5) is 8.78 Å². The number of alkyl halides is 2. The first-order chi connectivity index (χ1) is 9.31. The summed E-state index contributed by atoms with van der Waals surface area (Å²) in [6, 6.07) is 5.11. The number of aryl methyl sites for hydroxylation is 1. The molecule has 5 heteroatoms. The van der Waals surface area contributed by atoms with Crippen LogP contribution in [-0.4, -0.2) is 24.1 Å². The zero-order valence-electron chi connectivity index (χ0n) is 11.6. The summed E-state index contributed by atoms with van der Waals surface area (Å²) >= 11 is 0. The summed E-state index contributed by atoms with van der Waals surface area (Å²) in [5.74, 6) is -3.14. The predicted octanol–water partition coefficient (Wildman–Crippen LogP) is 3.54. The van der Waals surface area contributed by atoms with Crippen molar-refractivity contribution in [1.82, 2.24) is 0 Å². The molecule has 0 radical (unpaired) electrons. The van der Waals surface area contributed by atoms with Crippen molar-refractivity contribution in [1.29, 1.82) is 0 Å². The van der Waals surface area contributed by atoms with Gasteiger partial charge in [-0.1, -0.05) is 6.07 Å². The van der Waals surface area contributed by atoms with E-state index in [9.17, 15) is 18.7 Å². The van der Waals surface area contributed by atoms with Crippen molar-refractivity contribution in [3.63, 3.8) is 0 Å². The van der Waals surface area contributed by atoms with Crippen molar-refractivity contribution in [3.8, 4) is 5.75 Å². The molecular formula is C15H18F2O3. The van der Waals surface area contributed by atoms with Gasteiger partial charge in [-0.2, -0.15) is 0 Å². The Balaban J connectivity index is 2.42. The molecule has 0 aliphatic heterocycles. The standard InChI is InChI=1S/C15H18F2O3/c1-10-9-11(20-2)3-4-12(10)14(13(18)19)5-7-15(16,17)8-6-14/h3-4,9H,5-8H2,1-2H3,(H,18,19). The van der Waals surface area contributed by atoms with Crippen molar-refractivity contribution < 1.29 is 23.4 Å². The highest BCUT2D eigenvalue weighted by Crippen LogP contribution is 2.46. The maximum Gasteiger partial charge on any atom is 0.314 e. The van der Waals surface area contributed by atoms with E-state index < -0.39 is 17.3 Å². The number of benzene rings is 1. The van der Waals surface area contributed by atoms with E-state index in [1.165, 1.54) is 7.11 Å². The van der Waals surface area contributed by atoms with Gasteiger partial charge in [0.15, 0.2) is 0 Å². The first-order valence-electron chi connectivity index (χ1n) is 6.57. The smallest absolute Gasteiger partial charge is 0.314 e. The molecule has 0 saturated heterocycles. The number of carboxylic acid groups (broad SMARTS) is 1. The van der Waals surface area contributed by atoms with E-state index >= 15 is 0 Å². The number of carboxylic acids is 1. The molecular weight excluding hydrogens is 266 g/mol. The van der Waals surface area contributed by atoms with Gasteiger partial charge in [0.25, 0.3) is 0 Å². The van der Waals surface area contributed by atoms with Gasteiger partial charge >= 0.3 is 5.97 Å². The molecule has 0 bridgehead atoms. The summed E-state index contributed by atoms with van der Waals surface area (Å²) in [7, 11) is 1.53. The van der Waals surface area contributed by atoms with Crippen molar-refractivity contribution in [2.24, 2.45) is 0 Å². The molecule has 1 aromatic rings. The lowest BCUT2D eigenvalue weighted by molar-refractivity contribution is -0.149. The fourth-order valence-corrected chi connectivity index (χ4v) is 2.94. The van der Waals surface area contributed by atoms with Crippen LogP contribution in [0.25, 0.3) is 0 Å². The van der Waals surface area contributed by atoms with Crippen LogP contribution in [0.5, 0.6) is 5.75 Å². The van der Waals surface area contributed by atoms with E-state index in [2.05, 4.69) is 0 Å². The van der Waals surface area contributed by atoms with Crippen molar-refractivity contribution in [2.45, 2.75) is 43.9 Å². The average Bonchev–Trinajstić information content (AvgIpc) is 2.39. The Morgan fingerprint density at radius 1 is 1.25 bits per heavy atom. The van der Waals surface area contributed by atoms with E-state index in [0.717, 1.165) is 5.56 Å². The van der Waals surface area contributed by atoms with E-state index in [-0.39, 0.29) is 25.7 Å². The lowest BCUT2D eigenvalue weighted by Gasteiger charge is -2.38. The molecule has 0 heterocycles. The summed E-state index contributed by atoms with van der Waals surface area (Å²) in [5, 5.41) is 9.59. The van der Waals surface area contributed by atoms with Crippen molar-refractivity contribution >= 4 is 5.97 Å². The van der Waals surface area contributed by atoms with Gasteiger partial charge in [-0.15, -0.1) is 0 Å². The van der Waals surface area contributed by atoms with Gasteiger partial charge < -0.3 is 9.84 Å². The highest BCUT2D eigenvalue weighted by atomic mass is 19.3. The Bertz CT molecular complexity index is 516. The van der Waals surface area contributed by atoms with E-state index in [1.54, 1.807) is 25.1 Å². The Kier molecular flexibility index (Phi) is 3.71. The van der Waals surface area contributed by atoms with E-state index in [4.69, 9.17) is 4.74 Å². The summed E-state index contributed by atoms with van der Waals surface area (Å²) < 4.78 is 31.8. The highest BCUT2D eigenvalue weighted by Gasteiger charge is 2.49. The number of ether oxygens (including phenoxy) is 1. The average molecular weight is 284 g/mol. The molecule has 1 fully saturated rings. The van der Waals surface area contributed by atoms with Crippen LogP contribution in [-0.2, 0) is 10.2 Å². The lowest BCUT2D eigenvalue weighted by Crippen LogP contribution is -2.43. The zero-order valence-corrected chi connectivity index (χ0v) is 11.6. The first-order valence-corrected chi connectivity index (χ1v) is 6.57. The van der Waals surface area contributed by atoms with Crippen LogP contribution >= 0.6 is 0 Å². The quantitative estimate of drug-likeness (QED) is 0.923. The summed E-state index contributed by atoms with van der Waals surface area (Å²) in [6.45, 7) is 1.79. The molecule has 0 atom stereocenters. The van der Waals surface area contributed by atoms with Crippen LogP contribution in [0.1, 0.15) is 36.8 Å². The fourth-order valence-electron chi connectivity index (χ4n) is 2.94. The molecule has 0 spiro atoms. The van der Waals surface area contributed by atoms with Crippen LogP contribution in [0.15, 0.2) is 18.2 Å². The van der Waals surface area contributed by atoms with Gasteiger partial charge in [0.05, 0.1) is 12.5 Å². The second-order valence-electron chi connectivity index (χ2n) is 5.42. The molecule has 0 amide bonds. The van der Waals surface area contributed by atoms with Crippen molar-refractivity contribution in [3.05, 3.63) is 29.3 Å². The van der Waals surface area contributed by atoms with Crippen LogP contribution < -0.4 is 4.74 Å². The Hall–Kier alpha value is -1.65. The number of halogens is 2. The summed E-state index contributed by atoms with van der Waals surface area (Å²) in [6.07, 6.45) is -0.847. The number of hydrogen-bond acceptors (Lipinski definition) is 2. The summed E-state index contributed by atoms with van der Waals surface area (Å²) in [4.78, 5) is 11.7. The van der Waals surface area contributed by atoms with Crippen LogP contribution in [0.3, 0.4) is 0 Å². The Morgan fingerprint density at radius 2 is 1.85 bits per heavy atom. The molecule has 1 aromatic carbocycles. The van der Waals surface area contributed by atoms with Crippen LogP contribution in [0, 0.1) is 6.92 Å². The number of rotatable bonds is 3. The minimum atomic E-state index is -2.75.